The van der Waals surface area contributed by atoms with E-state index in [1.807, 2.05) is 26.0 Å². The number of amides is 1. The van der Waals surface area contributed by atoms with Gasteiger partial charge in [-0.2, -0.15) is 0 Å². The van der Waals surface area contributed by atoms with E-state index < -0.39 is 32.5 Å². The smallest absolute Gasteiger partial charge is 0.245 e. The summed E-state index contributed by atoms with van der Waals surface area (Å²) < 4.78 is 50.9. The number of anilines is 2. The number of carbonyl (C=O) groups excluding carboxylic acids is 1. The van der Waals surface area contributed by atoms with Crippen LogP contribution in [0.25, 0.3) is 0 Å². The van der Waals surface area contributed by atoms with Crippen LogP contribution in [0, 0.1) is 13.8 Å². The second kappa shape index (κ2) is 8.52. The zero-order valence-corrected chi connectivity index (χ0v) is 18.6. The van der Waals surface area contributed by atoms with Crippen molar-refractivity contribution in [2.45, 2.75) is 18.7 Å². The predicted octanol–water partition coefficient (Wildman–Crippen LogP) is 1.96. The molecular formula is C19H25N3O5S2. The van der Waals surface area contributed by atoms with Gasteiger partial charge in [0.25, 0.3) is 0 Å². The Hall–Kier alpha value is -2.43. The fourth-order valence-corrected chi connectivity index (χ4v) is 4.34. The van der Waals surface area contributed by atoms with Crippen molar-refractivity contribution < 1.29 is 21.6 Å². The minimum Gasteiger partial charge on any atom is -0.324 e. The van der Waals surface area contributed by atoms with E-state index in [0.29, 0.717) is 5.69 Å². The largest absolute Gasteiger partial charge is 0.324 e. The van der Waals surface area contributed by atoms with Crippen molar-refractivity contribution >= 4 is 37.3 Å². The molecule has 29 heavy (non-hydrogen) atoms. The molecule has 0 bridgehead atoms. The average molecular weight is 440 g/mol. The summed E-state index contributed by atoms with van der Waals surface area (Å²) >= 11 is 0. The van der Waals surface area contributed by atoms with Crippen LogP contribution in [0.3, 0.4) is 0 Å². The highest BCUT2D eigenvalue weighted by molar-refractivity contribution is 7.92. The molecule has 158 valence electrons. The quantitative estimate of drug-likeness (QED) is 0.710. The summed E-state index contributed by atoms with van der Waals surface area (Å²) in [6.07, 6.45) is 0.989. The van der Waals surface area contributed by atoms with Gasteiger partial charge in [0.2, 0.25) is 26.0 Å². The molecule has 0 heterocycles. The third-order valence-corrected chi connectivity index (χ3v) is 7.23. The first-order chi connectivity index (χ1) is 13.3. The van der Waals surface area contributed by atoms with Crippen LogP contribution in [0.4, 0.5) is 11.4 Å². The van der Waals surface area contributed by atoms with Gasteiger partial charge in [-0.25, -0.2) is 21.1 Å². The van der Waals surface area contributed by atoms with Crippen molar-refractivity contribution in [2.75, 3.05) is 36.5 Å². The maximum atomic E-state index is 12.5. The number of sulfonamides is 2. The fourth-order valence-electron chi connectivity index (χ4n) is 2.59. The van der Waals surface area contributed by atoms with Crippen molar-refractivity contribution in [1.82, 2.24) is 4.31 Å². The molecule has 1 amide bonds. The molecule has 0 aliphatic heterocycles. The van der Waals surface area contributed by atoms with Crippen LogP contribution in [-0.2, 0) is 24.8 Å². The minimum atomic E-state index is -3.78. The molecule has 2 aromatic carbocycles. The van der Waals surface area contributed by atoms with Crippen molar-refractivity contribution in [3.8, 4) is 0 Å². The lowest BCUT2D eigenvalue weighted by atomic mass is 10.1. The van der Waals surface area contributed by atoms with E-state index in [1.165, 1.54) is 38.4 Å². The number of hydrogen-bond donors (Lipinski definition) is 1. The average Bonchev–Trinajstić information content (AvgIpc) is 2.62. The highest BCUT2D eigenvalue weighted by Gasteiger charge is 2.23. The third-order valence-electron chi connectivity index (χ3n) is 4.26. The van der Waals surface area contributed by atoms with Gasteiger partial charge in [-0.15, -0.1) is 0 Å². The van der Waals surface area contributed by atoms with E-state index in [2.05, 4.69) is 5.32 Å². The normalized spacial score (nSPS) is 12.1. The molecule has 0 spiro atoms. The van der Waals surface area contributed by atoms with Crippen LogP contribution in [0.1, 0.15) is 11.1 Å². The van der Waals surface area contributed by atoms with Crippen LogP contribution in [0.2, 0.25) is 0 Å². The summed E-state index contributed by atoms with van der Waals surface area (Å²) in [4.78, 5) is 12.5. The number of rotatable bonds is 7. The molecule has 0 radical (unpaired) electrons. The number of nitrogens with one attached hydrogen (secondary N) is 1. The third kappa shape index (κ3) is 5.55. The van der Waals surface area contributed by atoms with Crippen molar-refractivity contribution in [1.29, 1.82) is 0 Å². The van der Waals surface area contributed by atoms with E-state index in [4.69, 9.17) is 0 Å². The Morgan fingerprint density at radius 1 is 0.966 bits per heavy atom. The van der Waals surface area contributed by atoms with E-state index in [-0.39, 0.29) is 10.6 Å². The molecular weight excluding hydrogens is 414 g/mol. The standard InChI is InChI=1S/C19H25N3O5S2/c1-14-6-7-15(2)18(12-14)20-19(23)13-22(28(5,24)25)16-8-10-17(11-9-16)29(26,27)21(3)4/h6-12H,13H2,1-5H3,(H,20,23). The van der Waals surface area contributed by atoms with Gasteiger partial charge >= 0.3 is 0 Å². The molecule has 10 heteroatoms. The monoisotopic (exact) mass is 439 g/mol. The van der Waals surface area contributed by atoms with Crippen molar-refractivity contribution in [3.05, 3.63) is 53.6 Å². The SMILES string of the molecule is Cc1ccc(C)c(NC(=O)CN(c2ccc(S(=O)(=O)N(C)C)cc2)S(C)(=O)=O)c1. The van der Waals surface area contributed by atoms with Gasteiger partial charge in [-0.3, -0.25) is 9.10 Å². The van der Waals surface area contributed by atoms with E-state index >= 15 is 0 Å². The number of aryl methyl sites for hydroxylation is 2. The number of carbonyl (C=O) groups is 1. The lowest BCUT2D eigenvalue weighted by molar-refractivity contribution is -0.114. The first kappa shape index (κ1) is 22.9. The first-order valence-corrected chi connectivity index (χ1v) is 12.0. The summed E-state index contributed by atoms with van der Waals surface area (Å²) in [6.45, 7) is 3.29. The summed E-state index contributed by atoms with van der Waals surface area (Å²) in [5.74, 6) is -0.505. The van der Waals surface area contributed by atoms with Gasteiger partial charge in [0, 0.05) is 19.8 Å². The Labute approximate surface area is 172 Å². The topological polar surface area (TPSA) is 104 Å². The second-order valence-electron chi connectivity index (χ2n) is 6.92. The Morgan fingerprint density at radius 3 is 2.07 bits per heavy atom. The fraction of sp³-hybridized carbons (Fsp3) is 0.316. The summed E-state index contributed by atoms with van der Waals surface area (Å²) in [5.41, 5.74) is 2.62. The van der Waals surface area contributed by atoms with E-state index in [1.54, 1.807) is 6.07 Å². The summed E-state index contributed by atoms with van der Waals surface area (Å²) in [5, 5.41) is 2.73. The molecule has 8 nitrogen and oxygen atoms in total. The highest BCUT2D eigenvalue weighted by atomic mass is 32.2. The van der Waals surface area contributed by atoms with Crippen LogP contribution in [0.5, 0.6) is 0 Å². The Kier molecular flexibility index (Phi) is 6.71. The predicted molar refractivity (Wildman–Crippen MR) is 114 cm³/mol. The van der Waals surface area contributed by atoms with Crippen molar-refractivity contribution in [3.63, 3.8) is 0 Å². The molecule has 0 aliphatic carbocycles. The molecule has 0 atom stereocenters. The lowest BCUT2D eigenvalue weighted by Gasteiger charge is -2.22. The van der Waals surface area contributed by atoms with Gasteiger partial charge in [-0.05, 0) is 55.3 Å². The summed E-state index contributed by atoms with van der Waals surface area (Å²) in [7, 11) is -4.60. The highest BCUT2D eigenvalue weighted by Crippen LogP contribution is 2.22. The molecule has 0 fully saturated rings. The van der Waals surface area contributed by atoms with Crippen LogP contribution < -0.4 is 9.62 Å². The molecule has 0 aromatic heterocycles. The van der Waals surface area contributed by atoms with Gasteiger partial charge in [0.1, 0.15) is 6.54 Å². The molecule has 1 N–H and O–H groups in total. The maximum absolute atomic E-state index is 12.5. The van der Waals surface area contributed by atoms with Crippen molar-refractivity contribution in [2.24, 2.45) is 0 Å². The molecule has 2 aromatic rings. The first-order valence-electron chi connectivity index (χ1n) is 8.70. The molecule has 0 saturated carbocycles. The number of benzene rings is 2. The van der Waals surface area contributed by atoms with Gasteiger partial charge < -0.3 is 5.32 Å². The van der Waals surface area contributed by atoms with Crippen LogP contribution in [0.15, 0.2) is 47.4 Å². The van der Waals surface area contributed by atoms with E-state index in [9.17, 15) is 21.6 Å². The molecule has 0 saturated heterocycles. The Bertz CT molecular complexity index is 1110. The molecule has 0 aliphatic rings. The van der Waals surface area contributed by atoms with Crippen LogP contribution in [-0.4, -0.2) is 53.9 Å². The minimum absolute atomic E-state index is 0.0274. The van der Waals surface area contributed by atoms with Gasteiger partial charge in [0.15, 0.2) is 0 Å². The number of nitrogens with zero attached hydrogens (tertiary/aromatic N) is 2. The Morgan fingerprint density at radius 2 is 1.55 bits per heavy atom. The molecule has 2 rings (SSSR count). The summed E-state index contributed by atoms with van der Waals surface area (Å²) in [6, 6.07) is 10.9. The zero-order valence-electron chi connectivity index (χ0n) is 17.0. The van der Waals surface area contributed by atoms with E-state index in [0.717, 1.165) is 26.0 Å². The van der Waals surface area contributed by atoms with Gasteiger partial charge in [0.05, 0.1) is 16.8 Å². The maximum Gasteiger partial charge on any atom is 0.245 e. The van der Waals surface area contributed by atoms with Gasteiger partial charge in [-0.1, -0.05) is 12.1 Å². The Balaban J connectivity index is 2.29. The lowest BCUT2D eigenvalue weighted by Crippen LogP contribution is -2.37. The second-order valence-corrected chi connectivity index (χ2v) is 11.0. The molecule has 0 unspecified atom stereocenters. The number of hydrogen-bond acceptors (Lipinski definition) is 5. The zero-order chi connectivity index (χ0) is 22.0. The van der Waals surface area contributed by atoms with Crippen LogP contribution >= 0.6 is 0 Å².